The second-order valence-corrected chi connectivity index (χ2v) is 9.89. The van der Waals surface area contributed by atoms with Crippen LogP contribution in [-0.4, -0.2) is 74.5 Å². The fraction of sp³-hybridized carbons (Fsp3) is 0.545. The molecule has 0 saturated carbocycles. The first-order valence-corrected chi connectivity index (χ1v) is 10.9. The van der Waals surface area contributed by atoms with Gasteiger partial charge in [0, 0.05) is 0 Å². The Bertz CT molecular complexity index is 1050. The molecule has 19 heteroatoms. The van der Waals surface area contributed by atoms with E-state index in [1.807, 2.05) is 0 Å². The third-order valence-corrected chi connectivity index (χ3v) is 7.54. The van der Waals surface area contributed by atoms with Crippen LogP contribution in [0.5, 0.6) is 0 Å². The molecular weight excluding hydrogens is 465 g/mol. The van der Waals surface area contributed by atoms with Crippen LogP contribution in [0.3, 0.4) is 0 Å². The van der Waals surface area contributed by atoms with E-state index in [2.05, 4.69) is 19.5 Å². The minimum atomic E-state index is -6.51. The molecule has 1 aliphatic rings. The smallest absolute Gasteiger partial charge is 0.387 e. The van der Waals surface area contributed by atoms with E-state index in [0.717, 1.165) is 17.2 Å². The fourth-order valence-corrected chi connectivity index (χ4v) is 4.61. The minimum Gasteiger partial charge on any atom is -0.387 e. The summed E-state index contributed by atoms with van der Waals surface area (Å²) in [5, 5.41) is 14.2. The van der Waals surface area contributed by atoms with Crippen molar-refractivity contribution in [3.8, 4) is 0 Å². The first kappa shape index (κ1) is 23.0. The zero-order valence-corrected chi connectivity index (χ0v) is 16.1. The molecule has 1 fully saturated rings. The van der Waals surface area contributed by atoms with E-state index >= 15 is 0 Å². The molecule has 3 heterocycles. The number of anilines is 1. The average molecular weight is 479 g/mol. The standard InChI is InChI=1S/C11H14F3N5O9P2/c12-3-5(20)6(10(21)28-30(25,26)11(13,14)29(22,23)24)27-9(3)19-2-18-4-7(15)16-1-17-8(4)19/h1-3,5-6,9-10,20-21H,(H,25,26)(H2,15,16,17)(H2,22,23,24)/t3-,5+,6+,9-,10?/m1/s1. The lowest BCUT2D eigenvalue weighted by atomic mass is 10.1. The highest BCUT2D eigenvalue weighted by Crippen LogP contribution is 2.73. The van der Waals surface area contributed by atoms with Crippen LogP contribution in [0, 0.1) is 0 Å². The van der Waals surface area contributed by atoms with Gasteiger partial charge in [0.15, 0.2) is 30.2 Å². The molecule has 14 nitrogen and oxygen atoms in total. The third kappa shape index (κ3) is 3.62. The molecule has 2 aromatic rings. The molecule has 0 bridgehead atoms. The highest BCUT2D eigenvalue weighted by Gasteiger charge is 2.66. The molecule has 30 heavy (non-hydrogen) atoms. The minimum absolute atomic E-state index is 0.0317. The average Bonchev–Trinajstić information content (AvgIpc) is 3.16. The van der Waals surface area contributed by atoms with Gasteiger partial charge in [-0.1, -0.05) is 0 Å². The van der Waals surface area contributed by atoms with Crippen LogP contribution in [0.1, 0.15) is 6.23 Å². The molecular formula is C11H14F3N5O9P2. The summed E-state index contributed by atoms with van der Waals surface area (Å²) in [5.41, 5.74) is 5.56. The molecule has 0 aromatic carbocycles. The summed E-state index contributed by atoms with van der Waals surface area (Å²) in [5.74, 6) is -0.0755. The summed E-state index contributed by atoms with van der Waals surface area (Å²) < 4.78 is 73.7. The molecule has 2 unspecified atom stereocenters. The molecule has 0 radical (unpaired) electrons. The Labute approximate surface area is 163 Å². The van der Waals surface area contributed by atoms with Crippen molar-refractivity contribution in [1.82, 2.24) is 19.5 Å². The number of aliphatic hydroxyl groups is 2. The summed E-state index contributed by atoms with van der Waals surface area (Å²) in [4.78, 5) is 37.6. The number of halogens is 3. The van der Waals surface area contributed by atoms with Gasteiger partial charge in [-0.3, -0.25) is 18.2 Å². The highest BCUT2D eigenvalue weighted by atomic mass is 31.2. The molecule has 1 saturated heterocycles. The van der Waals surface area contributed by atoms with Crippen molar-refractivity contribution >= 4 is 32.2 Å². The maximum absolute atomic E-state index is 14.6. The molecule has 3 rings (SSSR count). The van der Waals surface area contributed by atoms with Crippen molar-refractivity contribution in [1.29, 1.82) is 0 Å². The predicted octanol–water partition coefficient (Wildman–Crippen LogP) is -0.747. The van der Waals surface area contributed by atoms with Crippen LogP contribution in [0.4, 0.5) is 19.0 Å². The first-order valence-electron chi connectivity index (χ1n) is 7.72. The number of fused-ring (bicyclic) bond motifs is 1. The lowest BCUT2D eigenvalue weighted by molar-refractivity contribution is -0.160. The number of nitrogen functional groups attached to an aromatic ring is 1. The Morgan fingerprint density at radius 1 is 1.27 bits per heavy atom. The molecule has 6 atom stereocenters. The number of alkyl halides is 3. The van der Waals surface area contributed by atoms with Gasteiger partial charge in [-0.25, -0.2) is 19.3 Å². The number of nitrogens with zero attached hydrogens (tertiary/aromatic N) is 4. The van der Waals surface area contributed by atoms with Crippen LogP contribution < -0.4 is 5.73 Å². The van der Waals surface area contributed by atoms with Gasteiger partial charge in [0.05, 0.1) is 6.33 Å². The van der Waals surface area contributed by atoms with Crippen molar-refractivity contribution in [2.24, 2.45) is 0 Å². The SMILES string of the molecule is Nc1ncnc2c1ncn2[C@@H]1O[C@H](C(O)OP(=O)(O)C(F)(F)P(=O)(O)O)[C@@H](O)[C@H]1F. The quantitative estimate of drug-likeness (QED) is 0.222. The van der Waals surface area contributed by atoms with Gasteiger partial charge in [-0.05, 0) is 0 Å². The zero-order chi connectivity index (χ0) is 22.6. The number of aromatic nitrogens is 4. The molecule has 0 aliphatic carbocycles. The van der Waals surface area contributed by atoms with E-state index < -0.39 is 51.5 Å². The number of aliphatic hydroxyl groups excluding tert-OH is 2. The summed E-state index contributed by atoms with van der Waals surface area (Å²) in [7, 11) is -13.0. The van der Waals surface area contributed by atoms with Crippen molar-refractivity contribution in [3.63, 3.8) is 0 Å². The number of nitrogens with two attached hydrogens (primary N) is 1. The highest BCUT2D eigenvalue weighted by molar-refractivity contribution is 7.72. The van der Waals surface area contributed by atoms with E-state index in [-0.39, 0.29) is 17.0 Å². The van der Waals surface area contributed by atoms with Crippen LogP contribution >= 0.6 is 15.2 Å². The number of ether oxygens (including phenoxy) is 1. The van der Waals surface area contributed by atoms with E-state index in [9.17, 15) is 37.4 Å². The van der Waals surface area contributed by atoms with Gasteiger partial charge in [0.25, 0.3) is 0 Å². The van der Waals surface area contributed by atoms with Gasteiger partial charge in [0.2, 0.25) is 0 Å². The molecule has 7 N–H and O–H groups in total. The molecule has 1 aliphatic heterocycles. The molecule has 2 aromatic heterocycles. The normalized spacial score (nSPS) is 28.5. The van der Waals surface area contributed by atoms with Gasteiger partial charge in [-0.15, -0.1) is 0 Å². The number of hydrogen-bond acceptors (Lipinski definition) is 10. The Balaban J connectivity index is 1.85. The third-order valence-electron chi connectivity index (χ3n) is 4.12. The van der Waals surface area contributed by atoms with Crippen molar-refractivity contribution in [2.45, 2.75) is 36.3 Å². The van der Waals surface area contributed by atoms with Crippen LogP contribution in [0.15, 0.2) is 12.7 Å². The van der Waals surface area contributed by atoms with Crippen LogP contribution in [0.25, 0.3) is 11.2 Å². The van der Waals surface area contributed by atoms with Gasteiger partial charge in [-0.2, -0.15) is 8.78 Å². The number of rotatable bonds is 6. The zero-order valence-electron chi connectivity index (χ0n) is 14.3. The van der Waals surface area contributed by atoms with E-state index in [1.165, 1.54) is 0 Å². The second-order valence-electron chi connectivity index (χ2n) is 6.08. The van der Waals surface area contributed by atoms with E-state index in [0.29, 0.717) is 0 Å². The number of hydrogen-bond donors (Lipinski definition) is 6. The monoisotopic (exact) mass is 479 g/mol. The summed E-state index contributed by atoms with van der Waals surface area (Å²) >= 11 is 0. The number of imidazole rings is 1. The van der Waals surface area contributed by atoms with E-state index in [4.69, 9.17) is 20.3 Å². The van der Waals surface area contributed by atoms with Gasteiger partial charge >= 0.3 is 20.6 Å². The van der Waals surface area contributed by atoms with E-state index in [1.54, 1.807) is 0 Å². The van der Waals surface area contributed by atoms with Crippen LogP contribution in [-0.2, 0) is 18.4 Å². The summed E-state index contributed by atoms with van der Waals surface area (Å²) in [6.45, 7) is 0. The molecule has 0 amide bonds. The lowest BCUT2D eigenvalue weighted by Gasteiger charge is -2.27. The van der Waals surface area contributed by atoms with Gasteiger partial charge in [0.1, 0.15) is 24.1 Å². The maximum atomic E-state index is 14.6. The van der Waals surface area contributed by atoms with Crippen molar-refractivity contribution in [2.75, 3.05) is 5.73 Å². The fourth-order valence-electron chi connectivity index (χ4n) is 2.61. The van der Waals surface area contributed by atoms with Crippen molar-refractivity contribution < 1.29 is 56.5 Å². The lowest BCUT2D eigenvalue weighted by Crippen LogP contribution is -2.39. The predicted molar refractivity (Wildman–Crippen MR) is 88.5 cm³/mol. The van der Waals surface area contributed by atoms with Crippen LogP contribution in [0.2, 0.25) is 0 Å². The van der Waals surface area contributed by atoms with Gasteiger partial charge < -0.3 is 35.4 Å². The first-order chi connectivity index (χ1) is 13.7. The Morgan fingerprint density at radius 2 is 1.90 bits per heavy atom. The molecule has 168 valence electrons. The largest absolute Gasteiger partial charge is 0.443 e. The Hall–Kier alpha value is -1.68. The molecule has 0 spiro atoms. The second kappa shape index (κ2) is 7.47. The summed E-state index contributed by atoms with van der Waals surface area (Å²) in [6, 6.07) is 0. The maximum Gasteiger partial charge on any atom is 0.443 e. The topological polar surface area (TPSA) is 223 Å². The Morgan fingerprint density at radius 3 is 2.50 bits per heavy atom. The summed E-state index contributed by atoms with van der Waals surface area (Å²) in [6.07, 6.45) is -9.47. The van der Waals surface area contributed by atoms with Crippen molar-refractivity contribution in [3.05, 3.63) is 12.7 Å². The Kier molecular flexibility index (Phi) is 5.73.